The van der Waals surface area contributed by atoms with Crippen molar-refractivity contribution in [2.24, 2.45) is 5.92 Å². The maximum atomic E-state index is 12.3. The van der Waals surface area contributed by atoms with Crippen LogP contribution >= 0.6 is 12.4 Å². The van der Waals surface area contributed by atoms with Crippen molar-refractivity contribution in [2.45, 2.75) is 50.3 Å². The molecule has 7 heteroatoms. The van der Waals surface area contributed by atoms with E-state index in [1.54, 1.807) is 32.4 Å². The number of carbonyl (C=O) groups is 1. The van der Waals surface area contributed by atoms with E-state index in [2.05, 4.69) is 10.6 Å². The molecule has 2 aliphatic rings. The lowest BCUT2D eigenvalue weighted by Gasteiger charge is -2.28. The van der Waals surface area contributed by atoms with Crippen molar-refractivity contribution in [3.05, 3.63) is 23.8 Å². The molecule has 0 spiro atoms. The lowest BCUT2D eigenvalue weighted by Crippen LogP contribution is -2.40. The normalized spacial score (nSPS) is 25.1. The summed E-state index contributed by atoms with van der Waals surface area (Å²) >= 11 is 0. The van der Waals surface area contributed by atoms with E-state index in [1.165, 1.54) is 12.8 Å². The van der Waals surface area contributed by atoms with Gasteiger partial charge in [-0.3, -0.25) is 4.79 Å². The number of piperidine rings is 1. The van der Waals surface area contributed by atoms with Gasteiger partial charge in [-0.25, -0.2) is 0 Å². The zero-order valence-corrected chi connectivity index (χ0v) is 16.2. The molecule has 2 saturated heterocycles. The summed E-state index contributed by atoms with van der Waals surface area (Å²) in [5.41, 5.74) is 0.613. The standard InChI is InChI=1S/C19H28N2O4.ClH/c1-24-15-5-6-18(25-2)16(10-15)17(22)11-20-19(23)9-12-7-13-3-4-14(8-12)21-13;/h5-6,10,12-14,17,21-22H,3-4,7-9,11H2,1-2H3,(H,20,23);1H. The molecule has 0 radical (unpaired) electrons. The van der Waals surface area contributed by atoms with Gasteiger partial charge < -0.3 is 25.2 Å². The van der Waals surface area contributed by atoms with Gasteiger partial charge in [-0.15, -0.1) is 12.4 Å². The number of amides is 1. The van der Waals surface area contributed by atoms with Gasteiger partial charge in [0.1, 0.15) is 11.5 Å². The highest BCUT2D eigenvalue weighted by atomic mass is 35.5. The molecule has 1 aromatic carbocycles. The molecule has 2 heterocycles. The van der Waals surface area contributed by atoms with Crippen LogP contribution in [0.25, 0.3) is 0 Å². The van der Waals surface area contributed by atoms with E-state index in [0.717, 1.165) is 12.8 Å². The lowest BCUT2D eigenvalue weighted by molar-refractivity contribution is -0.122. The largest absolute Gasteiger partial charge is 0.497 e. The highest BCUT2D eigenvalue weighted by Crippen LogP contribution is 2.33. The third-order valence-corrected chi connectivity index (χ3v) is 5.33. The fourth-order valence-electron chi connectivity index (χ4n) is 4.10. The highest BCUT2D eigenvalue weighted by molar-refractivity contribution is 5.85. The smallest absolute Gasteiger partial charge is 0.220 e. The summed E-state index contributed by atoms with van der Waals surface area (Å²) in [6.45, 7) is 0.167. The first-order valence-electron chi connectivity index (χ1n) is 9.01. The molecule has 3 atom stereocenters. The van der Waals surface area contributed by atoms with Crippen LogP contribution in [0.5, 0.6) is 11.5 Å². The Morgan fingerprint density at radius 3 is 2.58 bits per heavy atom. The van der Waals surface area contributed by atoms with Gasteiger partial charge in [-0.1, -0.05) is 0 Å². The summed E-state index contributed by atoms with van der Waals surface area (Å²) in [5, 5.41) is 16.9. The van der Waals surface area contributed by atoms with Crippen molar-refractivity contribution in [1.82, 2.24) is 10.6 Å². The summed E-state index contributed by atoms with van der Waals surface area (Å²) in [5.74, 6) is 1.68. The molecule has 0 aliphatic carbocycles. The molecule has 0 aromatic heterocycles. The summed E-state index contributed by atoms with van der Waals surface area (Å²) in [4.78, 5) is 12.3. The Balaban J connectivity index is 0.00000243. The van der Waals surface area contributed by atoms with E-state index in [-0.39, 0.29) is 24.9 Å². The summed E-state index contributed by atoms with van der Waals surface area (Å²) in [6.07, 6.45) is 4.33. The van der Waals surface area contributed by atoms with Crippen molar-refractivity contribution in [1.29, 1.82) is 0 Å². The third kappa shape index (κ3) is 5.02. The van der Waals surface area contributed by atoms with Crippen LogP contribution in [0.4, 0.5) is 0 Å². The fraction of sp³-hybridized carbons (Fsp3) is 0.632. The molecule has 6 nitrogen and oxygen atoms in total. The van der Waals surface area contributed by atoms with Crippen LogP contribution in [0, 0.1) is 5.92 Å². The molecule has 3 unspecified atom stereocenters. The van der Waals surface area contributed by atoms with Crippen LogP contribution < -0.4 is 20.1 Å². The molecule has 3 rings (SSSR count). The molecular weight excluding hydrogens is 356 g/mol. The number of halogens is 1. The van der Waals surface area contributed by atoms with Crippen LogP contribution in [0.15, 0.2) is 18.2 Å². The van der Waals surface area contributed by atoms with Crippen LogP contribution in [0.1, 0.15) is 43.8 Å². The van der Waals surface area contributed by atoms with Crippen LogP contribution in [0.3, 0.4) is 0 Å². The lowest BCUT2D eigenvalue weighted by atomic mass is 9.89. The summed E-state index contributed by atoms with van der Waals surface area (Å²) in [7, 11) is 3.13. The number of hydrogen-bond donors (Lipinski definition) is 3. The van der Waals surface area contributed by atoms with Crippen molar-refractivity contribution < 1.29 is 19.4 Å². The molecule has 3 N–H and O–H groups in total. The van der Waals surface area contributed by atoms with Crippen molar-refractivity contribution in [3.63, 3.8) is 0 Å². The molecule has 2 aliphatic heterocycles. The number of benzene rings is 1. The molecule has 1 aromatic rings. The second kappa shape index (κ2) is 9.44. The zero-order chi connectivity index (χ0) is 17.8. The predicted molar refractivity (Wildman–Crippen MR) is 102 cm³/mol. The number of carbonyl (C=O) groups excluding carboxylic acids is 1. The molecule has 146 valence electrons. The number of aliphatic hydroxyl groups is 1. The number of aliphatic hydroxyl groups excluding tert-OH is 1. The Morgan fingerprint density at radius 2 is 1.96 bits per heavy atom. The maximum absolute atomic E-state index is 12.3. The second-order valence-electron chi connectivity index (χ2n) is 7.11. The van der Waals surface area contributed by atoms with E-state index in [1.807, 2.05) is 0 Å². The van der Waals surface area contributed by atoms with Gasteiger partial charge in [0, 0.05) is 30.6 Å². The van der Waals surface area contributed by atoms with Crippen LogP contribution in [-0.4, -0.2) is 43.9 Å². The van der Waals surface area contributed by atoms with Gasteiger partial charge >= 0.3 is 0 Å². The van der Waals surface area contributed by atoms with Gasteiger partial charge in [-0.05, 0) is 49.8 Å². The molecular formula is C19H29ClN2O4. The first kappa shape index (κ1) is 20.8. The Kier molecular flexibility index (Phi) is 7.55. The number of ether oxygens (including phenoxy) is 2. The molecule has 0 saturated carbocycles. The number of fused-ring (bicyclic) bond motifs is 2. The summed E-state index contributed by atoms with van der Waals surface area (Å²) < 4.78 is 10.5. The van der Waals surface area contributed by atoms with Crippen LogP contribution in [0.2, 0.25) is 0 Å². The SMILES string of the molecule is COc1ccc(OC)c(C(O)CNC(=O)CC2CC3CCC(C2)N3)c1.Cl. The Labute approximate surface area is 161 Å². The molecule has 2 fully saturated rings. The number of nitrogens with one attached hydrogen (secondary N) is 2. The van der Waals surface area contributed by atoms with Gasteiger partial charge in [-0.2, -0.15) is 0 Å². The van der Waals surface area contributed by atoms with Crippen LogP contribution in [-0.2, 0) is 4.79 Å². The van der Waals surface area contributed by atoms with Crippen molar-refractivity contribution >= 4 is 18.3 Å². The van der Waals surface area contributed by atoms with E-state index in [4.69, 9.17) is 9.47 Å². The van der Waals surface area contributed by atoms with Gasteiger partial charge in [0.15, 0.2) is 0 Å². The van der Waals surface area contributed by atoms with Gasteiger partial charge in [0.2, 0.25) is 5.91 Å². The minimum absolute atomic E-state index is 0. The second-order valence-corrected chi connectivity index (χ2v) is 7.11. The zero-order valence-electron chi connectivity index (χ0n) is 15.4. The number of rotatable bonds is 7. The monoisotopic (exact) mass is 384 g/mol. The van der Waals surface area contributed by atoms with E-state index < -0.39 is 6.10 Å². The predicted octanol–water partition coefficient (Wildman–Crippen LogP) is 2.20. The van der Waals surface area contributed by atoms with Crippen molar-refractivity contribution in [3.8, 4) is 11.5 Å². The first-order chi connectivity index (χ1) is 12.1. The highest BCUT2D eigenvalue weighted by Gasteiger charge is 2.34. The minimum atomic E-state index is -0.835. The average Bonchev–Trinajstić information content (AvgIpc) is 2.97. The molecule has 26 heavy (non-hydrogen) atoms. The number of methoxy groups -OCH3 is 2. The topological polar surface area (TPSA) is 79.8 Å². The fourth-order valence-corrected chi connectivity index (χ4v) is 4.10. The maximum Gasteiger partial charge on any atom is 0.220 e. The third-order valence-electron chi connectivity index (χ3n) is 5.33. The van der Waals surface area contributed by atoms with Gasteiger partial charge in [0.05, 0.1) is 20.3 Å². The number of hydrogen-bond acceptors (Lipinski definition) is 5. The van der Waals surface area contributed by atoms with Crippen molar-refractivity contribution in [2.75, 3.05) is 20.8 Å². The molecule has 2 bridgehead atoms. The Hall–Kier alpha value is -1.50. The quantitative estimate of drug-likeness (QED) is 0.671. The minimum Gasteiger partial charge on any atom is -0.497 e. The van der Waals surface area contributed by atoms with E-state index in [9.17, 15) is 9.90 Å². The summed E-state index contributed by atoms with van der Waals surface area (Å²) in [6, 6.07) is 6.44. The molecule has 1 amide bonds. The van der Waals surface area contributed by atoms with E-state index >= 15 is 0 Å². The Morgan fingerprint density at radius 1 is 1.27 bits per heavy atom. The van der Waals surface area contributed by atoms with Gasteiger partial charge in [0.25, 0.3) is 0 Å². The first-order valence-corrected chi connectivity index (χ1v) is 9.01. The average molecular weight is 385 g/mol. The Bertz CT molecular complexity index is 601. The van der Waals surface area contributed by atoms with E-state index in [0.29, 0.717) is 41.5 Å².